The summed E-state index contributed by atoms with van der Waals surface area (Å²) in [5.74, 6) is 0. The Balaban J connectivity index is 2.37. The molecule has 0 aliphatic rings. The van der Waals surface area contributed by atoms with Gasteiger partial charge in [0.1, 0.15) is 0 Å². The first-order chi connectivity index (χ1) is 8.74. The second kappa shape index (κ2) is 6.58. The van der Waals surface area contributed by atoms with E-state index >= 15 is 0 Å². The number of rotatable bonds is 5. The molecule has 0 radical (unpaired) electrons. The van der Waals surface area contributed by atoms with E-state index in [1.165, 1.54) is 5.56 Å². The van der Waals surface area contributed by atoms with Gasteiger partial charge in [0, 0.05) is 0 Å². The summed E-state index contributed by atoms with van der Waals surface area (Å²) in [5.41, 5.74) is 2.27. The molecule has 0 saturated heterocycles. The van der Waals surface area contributed by atoms with Crippen molar-refractivity contribution >= 4 is 34.5 Å². The van der Waals surface area contributed by atoms with Crippen molar-refractivity contribution in [2.45, 2.75) is 19.4 Å². The Hall–Kier alpha value is -0.540. The van der Waals surface area contributed by atoms with Gasteiger partial charge in [-0.15, -0.1) is 0 Å². The molecule has 1 aromatic carbocycles. The van der Waals surface area contributed by atoms with Gasteiger partial charge in [-0.05, 0) is 47.0 Å². The summed E-state index contributed by atoms with van der Waals surface area (Å²) >= 11 is 14.1. The normalized spacial score (nSPS) is 12.6. The lowest BCUT2D eigenvalue weighted by molar-refractivity contribution is 0.600. The lowest BCUT2D eigenvalue weighted by atomic mass is 10.0. The number of halogens is 2. The van der Waals surface area contributed by atoms with Crippen molar-refractivity contribution in [1.29, 1.82) is 0 Å². The smallest absolute Gasteiger partial charge is 0.0643 e. The van der Waals surface area contributed by atoms with Crippen LogP contribution in [0.3, 0.4) is 0 Å². The fraction of sp³-hybridized carbons (Fsp3) is 0.286. The van der Waals surface area contributed by atoms with Crippen molar-refractivity contribution in [3.63, 3.8) is 0 Å². The van der Waals surface area contributed by atoms with Crippen LogP contribution in [0.2, 0.25) is 10.0 Å². The first-order valence-electron chi connectivity index (χ1n) is 5.93. The van der Waals surface area contributed by atoms with Gasteiger partial charge >= 0.3 is 0 Å². The fourth-order valence-electron chi connectivity index (χ4n) is 1.88. The first kappa shape index (κ1) is 13.9. The van der Waals surface area contributed by atoms with Crippen LogP contribution in [0.5, 0.6) is 0 Å². The summed E-state index contributed by atoms with van der Waals surface area (Å²) in [6.07, 6.45) is 1.08. The molecule has 1 aromatic heterocycles. The predicted octanol–water partition coefficient (Wildman–Crippen LogP) is 5.14. The number of nitrogens with one attached hydrogen (secondary N) is 1. The zero-order chi connectivity index (χ0) is 13.0. The van der Waals surface area contributed by atoms with Crippen molar-refractivity contribution in [3.8, 4) is 0 Å². The Morgan fingerprint density at radius 2 is 2.11 bits per heavy atom. The van der Waals surface area contributed by atoms with Crippen LogP contribution in [-0.2, 0) is 0 Å². The minimum absolute atomic E-state index is 0.113. The van der Waals surface area contributed by atoms with E-state index in [2.05, 4.69) is 29.1 Å². The van der Waals surface area contributed by atoms with E-state index < -0.39 is 0 Å². The van der Waals surface area contributed by atoms with Crippen LogP contribution >= 0.6 is 34.5 Å². The third-order valence-corrected chi connectivity index (χ3v) is 4.30. The summed E-state index contributed by atoms with van der Waals surface area (Å²) in [6.45, 7) is 3.10. The topological polar surface area (TPSA) is 12.0 Å². The largest absolute Gasteiger partial charge is 0.306 e. The maximum atomic E-state index is 6.32. The molecule has 18 heavy (non-hydrogen) atoms. The molecule has 0 aliphatic carbocycles. The Morgan fingerprint density at radius 3 is 2.78 bits per heavy atom. The molecule has 0 bridgehead atoms. The van der Waals surface area contributed by atoms with E-state index in [0.29, 0.717) is 10.0 Å². The molecule has 0 aliphatic heterocycles. The minimum atomic E-state index is 0.113. The zero-order valence-electron chi connectivity index (χ0n) is 10.1. The number of thiophene rings is 1. The molecule has 0 spiro atoms. The molecular formula is C14H15Cl2NS. The summed E-state index contributed by atoms with van der Waals surface area (Å²) in [6, 6.07) is 8.02. The highest BCUT2D eigenvalue weighted by Gasteiger charge is 2.17. The standard InChI is InChI=1S/C14H15Cl2NS/c1-2-7-17-14(10-6-8-18-9-10)11-4-3-5-12(15)13(11)16/h3-6,8-9,14,17H,2,7H2,1H3. The molecule has 1 atom stereocenters. The lowest BCUT2D eigenvalue weighted by Crippen LogP contribution is -2.23. The second-order valence-electron chi connectivity index (χ2n) is 4.09. The lowest BCUT2D eigenvalue weighted by Gasteiger charge is -2.19. The van der Waals surface area contributed by atoms with Crippen molar-refractivity contribution in [1.82, 2.24) is 5.32 Å². The Labute approximate surface area is 122 Å². The predicted molar refractivity (Wildman–Crippen MR) is 80.9 cm³/mol. The summed E-state index contributed by atoms with van der Waals surface area (Å²) in [4.78, 5) is 0. The Bertz CT molecular complexity index is 497. The van der Waals surface area contributed by atoms with E-state index in [9.17, 15) is 0 Å². The minimum Gasteiger partial charge on any atom is -0.306 e. The number of hydrogen-bond donors (Lipinski definition) is 1. The summed E-state index contributed by atoms with van der Waals surface area (Å²) < 4.78 is 0. The quantitative estimate of drug-likeness (QED) is 0.805. The average Bonchev–Trinajstić information content (AvgIpc) is 2.88. The highest BCUT2D eigenvalue weighted by molar-refractivity contribution is 7.08. The van der Waals surface area contributed by atoms with Crippen molar-refractivity contribution in [2.24, 2.45) is 0 Å². The molecule has 1 heterocycles. The van der Waals surface area contributed by atoms with Crippen LogP contribution in [0.4, 0.5) is 0 Å². The fourth-order valence-corrected chi connectivity index (χ4v) is 2.98. The third kappa shape index (κ3) is 3.07. The van der Waals surface area contributed by atoms with Gasteiger partial charge in [0.05, 0.1) is 16.1 Å². The second-order valence-corrected chi connectivity index (χ2v) is 5.65. The van der Waals surface area contributed by atoms with Crippen LogP contribution in [0.15, 0.2) is 35.0 Å². The van der Waals surface area contributed by atoms with Gasteiger partial charge in [0.2, 0.25) is 0 Å². The van der Waals surface area contributed by atoms with E-state index in [-0.39, 0.29) is 6.04 Å². The van der Waals surface area contributed by atoms with Gasteiger partial charge in [-0.2, -0.15) is 11.3 Å². The Morgan fingerprint density at radius 1 is 1.28 bits per heavy atom. The van der Waals surface area contributed by atoms with Gasteiger partial charge in [0.25, 0.3) is 0 Å². The monoisotopic (exact) mass is 299 g/mol. The van der Waals surface area contributed by atoms with E-state index in [1.54, 1.807) is 11.3 Å². The number of hydrogen-bond acceptors (Lipinski definition) is 2. The number of benzene rings is 1. The van der Waals surface area contributed by atoms with E-state index in [4.69, 9.17) is 23.2 Å². The molecule has 1 N–H and O–H groups in total. The van der Waals surface area contributed by atoms with Crippen LogP contribution in [-0.4, -0.2) is 6.54 Å². The van der Waals surface area contributed by atoms with Crippen molar-refractivity contribution in [3.05, 3.63) is 56.2 Å². The third-order valence-electron chi connectivity index (χ3n) is 2.77. The average molecular weight is 300 g/mol. The molecule has 96 valence electrons. The van der Waals surface area contributed by atoms with Gasteiger partial charge in [-0.25, -0.2) is 0 Å². The summed E-state index contributed by atoms with van der Waals surface area (Å²) in [5, 5.41) is 8.98. The van der Waals surface area contributed by atoms with E-state index in [0.717, 1.165) is 18.5 Å². The molecule has 0 amide bonds. The molecule has 2 rings (SSSR count). The highest BCUT2D eigenvalue weighted by Crippen LogP contribution is 2.33. The van der Waals surface area contributed by atoms with Gasteiger partial charge in [-0.3, -0.25) is 0 Å². The summed E-state index contributed by atoms with van der Waals surface area (Å²) in [7, 11) is 0. The van der Waals surface area contributed by atoms with Gasteiger partial charge < -0.3 is 5.32 Å². The Kier molecular flexibility index (Phi) is 5.07. The maximum absolute atomic E-state index is 6.32. The first-order valence-corrected chi connectivity index (χ1v) is 7.63. The zero-order valence-corrected chi connectivity index (χ0v) is 12.4. The molecule has 2 aromatic rings. The highest BCUT2D eigenvalue weighted by atomic mass is 35.5. The van der Waals surface area contributed by atoms with Gasteiger partial charge in [0.15, 0.2) is 0 Å². The van der Waals surface area contributed by atoms with Gasteiger partial charge in [-0.1, -0.05) is 42.3 Å². The van der Waals surface area contributed by atoms with Crippen LogP contribution < -0.4 is 5.32 Å². The van der Waals surface area contributed by atoms with Crippen LogP contribution in [0, 0.1) is 0 Å². The molecule has 4 heteroatoms. The van der Waals surface area contributed by atoms with Crippen molar-refractivity contribution < 1.29 is 0 Å². The molecule has 1 unspecified atom stereocenters. The van der Waals surface area contributed by atoms with Crippen LogP contribution in [0.1, 0.15) is 30.5 Å². The molecule has 0 fully saturated rings. The molecule has 1 nitrogen and oxygen atoms in total. The van der Waals surface area contributed by atoms with E-state index in [1.807, 2.05) is 18.2 Å². The van der Waals surface area contributed by atoms with Crippen LogP contribution in [0.25, 0.3) is 0 Å². The molecule has 0 saturated carbocycles. The SMILES string of the molecule is CCCNC(c1ccsc1)c1cccc(Cl)c1Cl. The molecular weight excluding hydrogens is 285 g/mol. The maximum Gasteiger partial charge on any atom is 0.0643 e. The van der Waals surface area contributed by atoms with Crippen molar-refractivity contribution in [2.75, 3.05) is 6.54 Å².